The number of fused-ring (bicyclic) bond motifs is 13. The first-order valence-corrected chi connectivity index (χ1v) is 21.4. The summed E-state index contributed by atoms with van der Waals surface area (Å²) < 4.78 is 13.7. The van der Waals surface area contributed by atoms with E-state index in [2.05, 4.69) is 213 Å². The van der Waals surface area contributed by atoms with Gasteiger partial charge in [0.25, 0.3) is 0 Å². The highest BCUT2D eigenvalue weighted by Crippen LogP contribution is 2.53. The summed E-state index contributed by atoms with van der Waals surface area (Å²) in [7, 11) is 0. The number of hydrogen-bond donors (Lipinski definition) is 0. The SMILES string of the molecule is CC1(C)c2ccccc2-c2ccc(N(c3ccccc3-c3ccccc3)c3cc(-c4cc5ccccc5c5ccccc45)cc4c3oc3ccc5oc6ccccc6c5c34)cc21. The van der Waals surface area contributed by atoms with Gasteiger partial charge in [-0.3, -0.25) is 0 Å². The first-order valence-electron chi connectivity index (χ1n) is 21.4. The number of furan rings is 2. The molecule has 3 heteroatoms. The summed E-state index contributed by atoms with van der Waals surface area (Å²) in [4.78, 5) is 2.45. The molecule has 0 bridgehead atoms. The van der Waals surface area contributed by atoms with Crippen LogP contribution in [0.1, 0.15) is 25.0 Å². The van der Waals surface area contributed by atoms with E-state index >= 15 is 0 Å². The molecule has 62 heavy (non-hydrogen) atoms. The van der Waals surface area contributed by atoms with Crippen molar-refractivity contribution in [2.45, 2.75) is 19.3 Å². The van der Waals surface area contributed by atoms with Crippen molar-refractivity contribution < 1.29 is 8.83 Å². The fourth-order valence-corrected chi connectivity index (χ4v) is 10.6. The predicted molar refractivity (Wildman–Crippen MR) is 259 cm³/mol. The summed E-state index contributed by atoms with van der Waals surface area (Å²) >= 11 is 0. The van der Waals surface area contributed by atoms with Crippen LogP contribution in [0.5, 0.6) is 0 Å². The van der Waals surface area contributed by atoms with Crippen LogP contribution in [0.3, 0.4) is 0 Å². The normalized spacial score (nSPS) is 13.1. The maximum absolute atomic E-state index is 7.23. The van der Waals surface area contributed by atoms with Crippen molar-refractivity contribution in [1.29, 1.82) is 0 Å². The van der Waals surface area contributed by atoms with Crippen LogP contribution in [0.25, 0.3) is 98.8 Å². The third-order valence-electron chi connectivity index (χ3n) is 13.4. The summed E-state index contributed by atoms with van der Waals surface area (Å²) in [6.07, 6.45) is 0. The van der Waals surface area contributed by atoms with Gasteiger partial charge in [0.1, 0.15) is 16.7 Å². The molecule has 0 amide bonds. The Morgan fingerprint density at radius 3 is 1.87 bits per heavy atom. The lowest BCUT2D eigenvalue weighted by Crippen LogP contribution is -2.17. The van der Waals surface area contributed by atoms with Crippen LogP contribution in [-0.2, 0) is 5.41 Å². The van der Waals surface area contributed by atoms with E-state index in [1.54, 1.807) is 0 Å². The third-order valence-corrected chi connectivity index (χ3v) is 13.4. The summed E-state index contributed by atoms with van der Waals surface area (Å²) in [6.45, 7) is 4.71. The summed E-state index contributed by atoms with van der Waals surface area (Å²) in [5, 5.41) is 9.12. The minimum absolute atomic E-state index is 0.193. The number of nitrogens with zero attached hydrogens (tertiary/aromatic N) is 1. The molecule has 0 saturated carbocycles. The second-order valence-electron chi connectivity index (χ2n) is 17.2. The quantitative estimate of drug-likeness (QED) is 0.163. The van der Waals surface area contributed by atoms with Crippen LogP contribution in [0.2, 0.25) is 0 Å². The van der Waals surface area contributed by atoms with E-state index in [0.717, 1.165) is 77.6 Å². The van der Waals surface area contributed by atoms with Crippen LogP contribution in [0.15, 0.2) is 209 Å². The van der Waals surface area contributed by atoms with E-state index in [1.165, 1.54) is 49.4 Å². The second-order valence-corrected chi connectivity index (χ2v) is 17.2. The smallest absolute Gasteiger partial charge is 0.159 e. The number of rotatable bonds is 5. The number of hydrogen-bond acceptors (Lipinski definition) is 3. The van der Waals surface area contributed by atoms with Gasteiger partial charge < -0.3 is 13.7 Å². The fourth-order valence-electron chi connectivity index (χ4n) is 10.6. The molecule has 0 saturated heterocycles. The van der Waals surface area contributed by atoms with Crippen LogP contribution in [0, 0.1) is 0 Å². The minimum atomic E-state index is -0.193. The highest BCUT2D eigenvalue weighted by molar-refractivity contribution is 6.28. The number of anilines is 3. The molecule has 292 valence electrons. The molecule has 0 unspecified atom stereocenters. The summed E-state index contributed by atoms with van der Waals surface area (Å²) in [5.41, 5.74) is 16.0. The van der Waals surface area contributed by atoms with E-state index in [9.17, 15) is 0 Å². The first kappa shape index (κ1) is 34.9. The van der Waals surface area contributed by atoms with Crippen LogP contribution in [0.4, 0.5) is 17.1 Å². The van der Waals surface area contributed by atoms with Crippen molar-refractivity contribution in [3.8, 4) is 33.4 Å². The van der Waals surface area contributed by atoms with Crippen molar-refractivity contribution in [2.75, 3.05) is 4.90 Å². The van der Waals surface area contributed by atoms with Gasteiger partial charge in [0.05, 0.1) is 11.4 Å². The lowest BCUT2D eigenvalue weighted by atomic mass is 9.82. The zero-order valence-corrected chi connectivity index (χ0v) is 34.3. The van der Waals surface area contributed by atoms with E-state index in [-0.39, 0.29) is 5.41 Å². The van der Waals surface area contributed by atoms with E-state index in [4.69, 9.17) is 8.83 Å². The van der Waals surface area contributed by atoms with Gasteiger partial charge in [0.2, 0.25) is 0 Å². The Labute approximate surface area is 358 Å². The van der Waals surface area contributed by atoms with E-state index in [0.29, 0.717) is 0 Å². The van der Waals surface area contributed by atoms with Gasteiger partial charge in [-0.2, -0.15) is 0 Å². The maximum atomic E-state index is 7.23. The summed E-state index contributed by atoms with van der Waals surface area (Å²) in [5.74, 6) is 0. The molecule has 0 N–H and O–H groups in total. The monoisotopic (exact) mass is 793 g/mol. The van der Waals surface area contributed by atoms with Gasteiger partial charge in [-0.25, -0.2) is 0 Å². The number of benzene rings is 10. The van der Waals surface area contributed by atoms with Gasteiger partial charge in [0, 0.05) is 38.2 Å². The van der Waals surface area contributed by atoms with Crippen LogP contribution in [-0.4, -0.2) is 0 Å². The van der Waals surface area contributed by atoms with Gasteiger partial charge in [0.15, 0.2) is 5.58 Å². The van der Waals surface area contributed by atoms with Gasteiger partial charge in [-0.05, 0) is 115 Å². The first-order chi connectivity index (χ1) is 30.5. The lowest BCUT2D eigenvalue weighted by Gasteiger charge is -2.30. The molecule has 2 aromatic heterocycles. The maximum Gasteiger partial charge on any atom is 0.159 e. The Balaban J connectivity index is 1.19. The second kappa shape index (κ2) is 13.1. The minimum Gasteiger partial charge on any atom is -0.456 e. The molecule has 3 nitrogen and oxygen atoms in total. The van der Waals surface area contributed by atoms with Crippen molar-refractivity contribution in [3.05, 3.63) is 211 Å². The third kappa shape index (κ3) is 5.00. The molecule has 0 spiro atoms. The Hall–Kier alpha value is -7.88. The number of para-hydroxylation sites is 2. The molecule has 0 aliphatic heterocycles. The topological polar surface area (TPSA) is 29.5 Å². The Bertz CT molecular complexity index is 3790. The highest BCUT2D eigenvalue weighted by atomic mass is 16.3. The molecule has 0 atom stereocenters. The summed E-state index contributed by atoms with van der Waals surface area (Å²) in [6, 6.07) is 72.5. The Kier molecular flexibility index (Phi) is 7.36. The molecule has 1 aliphatic rings. The van der Waals surface area contributed by atoms with E-state index < -0.39 is 0 Å². The predicted octanol–water partition coefficient (Wildman–Crippen LogP) is 16.9. The van der Waals surface area contributed by atoms with Crippen molar-refractivity contribution in [3.63, 3.8) is 0 Å². The molecule has 2 heterocycles. The largest absolute Gasteiger partial charge is 0.456 e. The molecular formula is C59H39NO2. The molecule has 0 fully saturated rings. The van der Waals surface area contributed by atoms with Crippen molar-refractivity contribution in [2.24, 2.45) is 0 Å². The zero-order valence-electron chi connectivity index (χ0n) is 34.3. The van der Waals surface area contributed by atoms with Gasteiger partial charge in [-0.1, -0.05) is 159 Å². The molecular weight excluding hydrogens is 755 g/mol. The van der Waals surface area contributed by atoms with Crippen LogP contribution < -0.4 is 4.90 Å². The van der Waals surface area contributed by atoms with E-state index in [1.807, 2.05) is 6.07 Å². The molecule has 0 radical (unpaired) electrons. The average molecular weight is 794 g/mol. The molecule has 1 aliphatic carbocycles. The van der Waals surface area contributed by atoms with Gasteiger partial charge in [-0.15, -0.1) is 0 Å². The fraction of sp³-hybridized carbons (Fsp3) is 0.0508. The van der Waals surface area contributed by atoms with Gasteiger partial charge >= 0.3 is 0 Å². The zero-order chi connectivity index (χ0) is 41.1. The Morgan fingerprint density at radius 1 is 0.371 bits per heavy atom. The lowest BCUT2D eigenvalue weighted by molar-refractivity contribution is 0.660. The molecule has 13 rings (SSSR count). The average Bonchev–Trinajstić information content (AvgIpc) is 3.96. The van der Waals surface area contributed by atoms with Crippen molar-refractivity contribution in [1.82, 2.24) is 0 Å². The van der Waals surface area contributed by atoms with Crippen molar-refractivity contribution >= 4 is 82.5 Å². The standard InChI is InChI=1S/C59H39NO2/c1-59(2)49-25-13-10-23-44(49)45-29-28-39(35-50(45)59)60(51-26-14-11-20-41(51)36-16-4-3-5-17-36)52-34-38(47-32-37-18-6-7-19-40(37)42-21-8-9-22-43(42)47)33-48-57-55(62-58(48)52)31-30-54-56(57)46-24-12-15-27-53(46)61-54/h3-35H,1-2H3. The Morgan fingerprint density at radius 2 is 1.02 bits per heavy atom. The highest BCUT2D eigenvalue weighted by Gasteiger charge is 2.36. The molecule has 12 aromatic rings. The molecule has 10 aromatic carbocycles. The van der Waals surface area contributed by atoms with Crippen LogP contribution >= 0.6 is 0 Å².